The lowest BCUT2D eigenvalue weighted by Gasteiger charge is -2.57. The number of rotatable bonds is 5. The zero-order valence-electron chi connectivity index (χ0n) is 13.7. The molecule has 4 nitrogen and oxygen atoms in total. The Bertz CT molecular complexity index is 483. The fourth-order valence-electron chi connectivity index (χ4n) is 5.20. The van der Waals surface area contributed by atoms with Gasteiger partial charge in [0, 0.05) is 6.42 Å². The number of fused-ring (bicyclic) bond motifs is 1. The standard InChI is InChI=1S/C18H28O4/c1-12-8-9-14-17(2,13(12)6-4-7-15(19)20)10-5-11-18(14,3)16(21)22/h13-14H,1,4-11H2,2-3H3,(H,19,20)(H,21,22)/t13?,14?,17-,18+/m1/s1. The van der Waals surface area contributed by atoms with Gasteiger partial charge in [0.05, 0.1) is 5.41 Å². The van der Waals surface area contributed by atoms with Crippen LogP contribution in [0.15, 0.2) is 12.2 Å². The maximum Gasteiger partial charge on any atom is 0.309 e. The Labute approximate surface area is 132 Å². The maximum absolute atomic E-state index is 11.9. The summed E-state index contributed by atoms with van der Waals surface area (Å²) in [6.07, 6.45) is 6.11. The van der Waals surface area contributed by atoms with E-state index in [4.69, 9.17) is 5.11 Å². The average Bonchev–Trinajstić information content (AvgIpc) is 2.41. The van der Waals surface area contributed by atoms with Crippen molar-refractivity contribution in [3.63, 3.8) is 0 Å². The lowest BCUT2D eigenvalue weighted by molar-refractivity contribution is -0.164. The van der Waals surface area contributed by atoms with Gasteiger partial charge in [0.2, 0.25) is 0 Å². The predicted octanol–water partition coefficient (Wildman–Crippen LogP) is 4.10. The Hall–Kier alpha value is -1.32. The number of carbonyl (C=O) groups is 2. The van der Waals surface area contributed by atoms with Crippen LogP contribution in [0.3, 0.4) is 0 Å². The molecule has 0 saturated heterocycles. The summed E-state index contributed by atoms with van der Waals surface area (Å²) in [6.45, 7) is 8.35. The molecule has 4 heteroatoms. The number of aliphatic carboxylic acids is 2. The molecule has 2 fully saturated rings. The van der Waals surface area contributed by atoms with Gasteiger partial charge in [0.25, 0.3) is 0 Å². The van der Waals surface area contributed by atoms with E-state index in [1.807, 2.05) is 6.92 Å². The minimum atomic E-state index is -0.762. The lowest BCUT2D eigenvalue weighted by Crippen LogP contribution is -2.53. The van der Waals surface area contributed by atoms with Crippen LogP contribution in [0, 0.1) is 22.7 Å². The molecule has 0 amide bonds. The van der Waals surface area contributed by atoms with Gasteiger partial charge in [-0.25, -0.2) is 0 Å². The molecule has 2 saturated carbocycles. The topological polar surface area (TPSA) is 74.6 Å². The number of hydrogen-bond donors (Lipinski definition) is 2. The second kappa shape index (κ2) is 6.05. The molecule has 0 spiro atoms. The Balaban J connectivity index is 2.24. The Morgan fingerprint density at radius 1 is 1.27 bits per heavy atom. The molecule has 2 rings (SSSR count). The van der Waals surface area contributed by atoms with E-state index < -0.39 is 17.4 Å². The van der Waals surface area contributed by atoms with Gasteiger partial charge < -0.3 is 10.2 Å². The van der Waals surface area contributed by atoms with Gasteiger partial charge in [-0.05, 0) is 62.7 Å². The summed E-state index contributed by atoms with van der Waals surface area (Å²) in [5.74, 6) is -1.03. The molecule has 0 heterocycles. The molecular weight excluding hydrogens is 280 g/mol. The highest BCUT2D eigenvalue weighted by Crippen LogP contribution is 2.61. The number of allylic oxidation sites excluding steroid dienone is 1. The number of hydrogen-bond acceptors (Lipinski definition) is 2. The molecule has 0 bridgehead atoms. The first-order valence-electron chi connectivity index (χ1n) is 8.34. The molecule has 0 aromatic heterocycles. The summed E-state index contributed by atoms with van der Waals surface area (Å²) in [5.41, 5.74) is 0.483. The lowest BCUT2D eigenvalue weighted by atomic mass is 9.46. The molecule has 0 aliphatic heterocycles. The van der Waals surface area contributed by atoms with E-state index in [1.54, 1.807) is 0 Å². The minimum Gasteiger partial charge on any atom is -0.481 e. The van der Waals surface area contributed by atoms with Gasteiger partial charge in [0.1, 0.15) is 0 Å². The summed E-state index contributed by atoms with van der Waals surface area (Å²) in [7, 11) is 0. The molecule has 22 heavy (non-hydrogen) atoms. The van der Waals surface area contributed by atoms with Gasteiger partial charge in [0.15, 0.2) is 0 Å². The summed E-state index contributed by atoms with van der Waals surface area (Å²) < 4.78 is 0. The molecule has 2 N–H and O–H groups in total. The van der Waals surface area contributed by atoms with Crippen molar-refractivity contribution >= 4 is 11.9 Å². The minimum absolute atomic E-state index is 0.0563. The number of carboxylic acid groups (broad SMARTS) is 2. The van der Waals surface area contributed by atoms with E-state index in [-0.39, 0.29) is 23.7 Å². The molecular formula is C18H28O4. The second-order valence-electron chi connectivity index (χ2n) is 7.67. The van der Waals surface area contributed by atoms with Crippen molar-refractivity contribution in [2.24, 2.45) is 22.7 Å². The van der Waals surface area contributed by atoms with Gasteiger partial charge in [-0.3, -0.25) is 9.59 Å². The third kappa shape index (κ3) is 2.80. The smallest absolute Gasteiger partial charge is 0.309 e. The van der Waals surface area contributed by atoms with Crippen molar-refractivity contribution in [2.45, 2.75) is 65.2 Å². The van der Waals surface area contributed by atoms with E-state index in [1.165, 1.54) is 5.57 Å². The normalized spacial score (nSPS) is 38.4. The van der Waals surface area contributed by atoms with Crippen molar-refractivity contribution in [1.82, 2.24) is 0 Å². The first-order valence-corrected chi connectivity index (χ1v) is 8.34. The quantitative estimate of drug-likeness (QED) is 0.750. The first-order chi connectivity index (χ1) is 10.2. The first kappa shape index (κ1) is 17.0. The molecule has 124 valence electrons. The summed E-state index contributed by atoms with van der Waals surface area (Å²) in [4.78, 5) is 22.6. The largest absolute Gasteiger partial charge is 0.481 e. The Kier molecular flexibility index (Phi) is 4.69. The molecule has 4 atom stereocenters. The zero-order chi connectivity index (χ0) is 16.5. The monoisotopic (exact) mass is 308 g/mol. The molecule has 2 aliphatic carbocycles. The van der Waals surface area contributed by atoms with Gasteiger partial charge >= 0.3 is 11.9 Å². The molecule has 0 radical (unpaired) electrons. The van der Waals surface area contributed by atoms with E-state index in [9.17, 15) is 14.7 Å². The fourth-order valence-corrected chi connectivity index (χ4v) is 5.20. The van der Waals surface area contributed by atoms with Crippen molar-refractivity contribution < 1.29 is 19.8 Å². The molecule has 0 aromatic rings. The van der Waals surface area contributed by atoms with Crippen molar-refractivity contribution in [1.29, 1.82) is 0 Å². The highest BCUT2D eigenvalue weighted by molar-refractivity contribution is 5.75. The van der Waals surface area contributed by atoms with Crippen LogP contribution in [-0.2, 0) is 9.59 Å². The van der Waals surface area contributed by atoms with E-state index in [0.29, 0.717) is 6.42 Å². The predicted molar refractivity (Wildman–Crippen MR) is 84.5 cm³/mol. The SMILES string of the molecule is C=C1CCC2[C@](C)(CCC[C@]2(C)C(=O)O)C1CCCC(=O)O. The maximum atomic E-state index is 11.9. The Morgan fingerprint density at radius 2 is 1.95 bits per heavy atom. The van der Waals surface area contributed by atoms with E-state index >= 15 is 0 Å². The van der Waals surface area contributed by atoms with Crippen LogP contribution in [0.25, 0.3) is 0 Å². The number of carboxylic acids is 2. The average molecular weight is 308 g/mol. The third-order valence-corrected chi connectivity index (χ3v) is 6.39. The van der Waals surface area contributed by atoms with Gasteiger partial charge in [-0.1, -0.05) is 25.5 Å². The van der Waals surface area contributed by atoms with Crippen molar-refractivity contribution in [3.8, 4) is 0 Å². The fraction of sp³-hybridized carbons (Fsp3) is 0.778. The molecule has 2 aliphatic rings. The molecule has 0 aromatic carbocycles. The van der Waals surface area contributed by atoms with Crippen molar-refractivity contribution in [2.75, 3.05) is 0 Å². The third-order valence-electron chi connectivity index (χ3n) is 6.39. The summed E-state index contributed by atoms with van der Waals surface area (Å²) in [5, 5.41) is 18.6. The van der Waals surface area contributed by atoms with Crippen LogP contribution in [0.2, 0.25) is 0 Å². The van der Waals surface area contributed by atoms with Crippen LogP contribution in [0.1, 0.15) is 65.2 Å². The van der Waals surface area contributed by atoms with Gasteiger partial charge in [-0.2, -0.15) is 0 Å². The van der Waals surface area contributed by atoms with Crippen LogP contribution in [-0.4, -0.2) is 22.2 Å². The highest BCUT2D eigenvalue weighted by atomic mass is 16.4. The van der Waals surface area contributed by atoms with E-state index in [2.05, 4.69) is 13.5 Å². The zero-order valence-corrected chi connectivity index (χ0v) is 13.7. The van der Waals surface area contributed by atoms with Gasteiger partial charge in [-0.15, -0.1) is 0 Å². The van der Waals surface area contributed by atoms with Crippen LogP contribution in [0.4, 0.5) is 0 Å². The van der Waals surface area contributed by atoms with Crippen LogP contribution < -0.4 is 0 Å². The Morgan fingerprint density at radius 3 is 2.55 bits per heavy atom. The highest BCUT2D eigenvalue weighted by Gasteiger charge is 2.57. The van der Waals surface area contributed by atoms with Crippen LogP contribution in [0.5, 0.6) is 0 Å². The second-order valence-corrected chi connectivity index (χ2v) is 7.67. The molecule has 2 unspecified atom stereocenters. The van der Waals surface area contributed by atoms with Crippen LogP contribution >= 0.6 is 0 Å². The summed E-state index contributed by atoms with van der Waals surface area (Å²) in [6, 6.07) is 0. The van der Waals surface area contributed by atoms with E-state index in [0.717, 1.165) is 38.5 Å². The van der Waals surface area contributed by atoms with Crippen molar-refractivity contribution in [3.05, 3.63) is 12.2 Å². The summed E-state index contributed by atoms with van der Waals surface area (Å²) >= 11 is 0.